The summed E-state index contributed by atoms with van der Waals surface area (Å²) in [5.41, 5.74) is 3.25. The van der Waals surface area contributed by atoms with E-state index >= 15 is 0 Å². The van der Waals surface area contributed by atoms with E-state index in [9.17, 15) is 14.7 Å². The zero-order chi connectivity index (χ0) is 28.4. The Hall–Kier alpha value is -2.92. The van der Waals surface area contributed by atoms with Gasteiger partial charge in [-0.2, -0.15) is 0 Å². The van der Waals surface area contributed by atoms with Gasteiger partial charge in [0.1, 0.15) is 22.6 Å². The molecule has 11 heteroatoms. The smallest absolute Gasteiger partial charge is 0.320 e. The molecule has 40 heavy (non-hydrogen) atoms. The molecular formula is C29H35ClN6O3S. The highest BCUT2D eigenvalue weighted by Gasteiger charge is 2.27. The number of carboxylic acid groups (broad SMARTS) is 1. The number of Topliss-reactive ketones (excluding diaryl/α,β-unsaturated/α-hetero) is 1. The number of carboxylic acids is 1. The van der Waals surface area contributed by atoms with Crippen LogP contribution < -0.4 is 4.90 Å². The summed E-state index contributed by atoms with van der Waals surface area (Å²) in [7, 11) is 0. The lowest BCUT2D eigenvalue weighted by Gasteiger charge is -2.36. The summed E-state index contributed by atoms with van der Waals surface area (Å²) in [5, 5.41) is 10.7. The Balaban J connectivity index is 1.29. The molecule has 0 amide bonds. The first kappa shape index (κ1) is 28.6. The average Bonchev–Trinajstić information content (AvgIpc) is 3.55. The predicted octanol–water partition coefficient (Wildman–Crippen LogP) is 4.57. The number of rotatable bonds is 9. The Morgan fingerprint density at radius 1 is 1.15 bits per heavy atom. The number of thiazole rings is 1. The van der Waals surface area contributed by atoms with E-state index in [4.69, 9.17) is 16.6 Å². The zero-order valence-corrected chi connectivity index (χ0v) is 24.7. The molecule has 1 unspecified atom stereocenters. The van der Waals surface area contributed by atoms with Crippen LogP contribution in [0.2, 0.25) is 5.02 Å². The molecule has 9 nitrogen and oxygen atoms in total. The normalized spacial score (nSPS) is 19.2. The Morgan fingerprint density at radius 2 is 1.93 bits per heavy atom. The van der Waals surface area contributed by atoms with Crippen LogP contribution in [-0.4, -0.2) is 86.4 Å². The largest absolute Gasteiger partial charge is 0.480 e. The van der Waals surface area contributed by atoms with Crippen molar-refractivity contribution in [3.05, 3.63) is 56.8 Å². The number of carbonyl (C=O) groups is 2. The summed E-state index contributed by atoms with van der Waals surface area (Å²) in [6.45, 7) is 10.4. The molecule has 2 aliphatic rings. The number of carbonyl (C=O) groups excluding carboxylic acids is 1. The Kier molecular flexibility index (Phi) is 8.80. The van der Waals surface area contributed by atoms with Gasteiger partial charge in [0.15, 0.2) is 5.78 Å². The maximum absolute atomic E-state index is 13.2. The third-order valence-corrected chi connectivity index (χ3v) is 9.45. The number of aliphatic carboxylic acids is 1. The molecule has 3 aromatic rings. The molecule has 5 rings (SSSR count). The van der Waals surface area contributed by atoms with E-state index in [1.165, 1.54) is 19.0 Å². The van der Waals surface area contributed by atoms with E-state index in [1.807, 2.05) is 24.0 Å². The van der Waals surface area contributed by atoms with Gasteiger partial charge in [-0.15, -0.1) is 11.3 Å². The van der Waals surface area contributed by atoms with Crippen LogP contribution in [0, 0.1) is 6.92 Å². The van der Waals surface area contributed by atoms with Crippen LogP contribution >= 0.6 is 22.9 Å². The summed E-state index contributed by atoms with van der Waals surface area (Å²) in [6.07, 6.45) is 5.73. The molecule has 0 aliphatic carbocycles. The second-order valence-electron chi connectivity index (χ2n) is 10.7. The molecule has 0 saturated carbocycles. The molecule has 4 heterocycles. The van der Waals surface area contributed by atoms with E-state index in [0.29, 0.717) is 43.7 Å². The second-order valence-corrected chi connectivity index (χ2v) is 12.3. The highest BCUT2D eigenvalue weighted by Crippen LogP contribution is 2.33. The number of halogens is 1. The SMILES string of the molecule is Cc1cc(-c2nc(CC(=O)c3cnc(N4CCN(C(C)C(=O)O)CC4)cn3)sc2CN2CCC[C@H]2C)ccc1Cl. The Labute approximate surface area is 243 Å². The summed E-state index contributed by atoms with van der Waals surface area (Å²) >= 11 is 7.88. The number of likely N-dealkylation sites (tertiary alicyclic amines) is 1. The molecule has 2 aliphatic heterocycles. The van der Waals surface area contributed by atoms with E-state index < -0.39 is 12.0 Å². The number of aromatic nitrogens is 3. The van der Waals surface area contributed by atoms with Crippen molar-refractivity contribution in [1.29, 1.82) is 0 Å². The zero-order valence-electron chi connectivity index (χ0n) is 23.1. The molecule has 212 valence electrons. The van der Waals surface area contributed by atoms with Crippen molar-refractivity contribution in [2.75, 3.05) is 37.6 Å². The van der Waals surface area contributed by atoms with Crippen molar-refractivity contribution in [3.8, 4) is 11.3 Å². The van der Waals surface area contributed by atoms with Crippen molar-refractivity contribution in [2.24, 2.45) is 0 Å². The lowest BCUT2D eigenvalue weighted by Crippen LogP contribution is -2.52. The van der Waals surface area contributed by atoms with Crippen LogP contribution in [0.4, 0.5) is 5.82 Å². The topological polar surface area (TPSA) is 103 Å². The summed E-state index contributed by atoms with van der Waals surface area (Å²) in [5.74, 6) is -0.242. The first-order chi connectivity index (χ1) is 19.2. The van der Waals surface area contributed by atoms with Crippen molar-refractivity contribution in [2.45, 2.75) is 58.7 Å². The number of hydrogen-bond acceptors (Lipinski definition) is 9. The fraction of sp³-hybridized carbons (Fsp3) is 0.483. The van der Waals surface area contributed by atoms with E-state index in [2.05, 4.69) is 32.8 Å². The quantitative estimate of drug-likeness (QED) is 0.363. The summed E-state index contributed by atoms with van der Waals surface area (Å²) < 4.78 is 0. The van der Waals surface area contributed by atoms with Gasteiger partial charge in [0.2, 0.25) is 0 Å². The highest BCUT2D eigenvalue weighted by molar-refractivity contribution is 7.12. The van der Waals surface area contributed by atoms with Gasteiger partial charge in [0, 0.05) is 54.2 Å². The number of nitrogens with zero attached hydrogens (tertiary/aromatic N) is 6. The van der Waals surface area contributed by atoms with Crippen LogP contribution in [0.5, 0.6) is 0 Å². The first-order valence-electron chi connectivity index (χ1n) is 13.8. The Bertz CT molecular complexity index is 1370. The van der Waals surface area contributed by atoms with Gasteiger partial charge in [-0.3, -0.25) is 19.4 Å². The molecule has 1 aromatic carbocycles. The monoisotopic (exact) mass is 582 g/mol. The van der Waals surface area contributed by atoms with Crippen LogP contribution in [0.15, 0.2) is 30.6 Å². The minimum atomic E-state index is -0.815. The van der Waals surface area contributed by atoms with Gasteiger partial charge in [-0.1, -0.05) is 17.7 Å². The van der Waals surface area contributed by atoms with Gasteiger partial charge in [-0.05, 0) is 57.9 Å². The average molecular weight is 583 g/mol. The minimum Gasteiger partial charge on any atom is -0.480 e. The number of piperazine rings is 1. The number of hydrogen-bond donors (Lipinski definition) is 1. The number of ketones is 1. The molecule has 2 atom stereocenters. The van der Waals surface area contributed by atoms with Crippen molar-refractivity contribution >= 4 is 40.5 Å². The van der Waals surface area contributed by atoms with Crippen molar-refractivity contribution in [1.82, 2.24) is 24.8 Å². The maximum atomic E-state index is 13.2. The van der Waals surface area contributed by atoms with Gasteiger partial charge >= 0.3 is 5.97 Å². The second kappa shape index (κ2) is 12.3. The first-order valence-corrected chi connectivity index (χ1v) is 14.9. The third kappa shape index (κ3) is 6.35. The highest BCUT2D eigenvalue weighted by atomic mass is 35.5. The molecule has 2 aromatic heterocycles. The maximum Gasteiger partial charge on any atom is 0.320 e. The van der Waals surface area contributed by atoms with Crippen LogP contribution in [0.25, 0.3) is 11.3 Å². The van der Waals surface area contributed by atoms with E-state index in [1.54, 1.807) is 24.5 Å². The standard InChI is InChI=1S/C29H35ClN6O3S/c1-18-13-21(6-7-22(18)30)28-25(17-36-8-4-5-19(36)2)40-27(33-28)14-24(37)23-15-32-26(16-31-23)35-11-9-34(10-12-35)20(3)29(38)39/h6-7,13,15-16,19-20H,4-5,8-12,14,17H2,1-3H3,(H,38,39)/t19-,20?/m1/s1. The molecule has 1 N–H and O–H groups in total. The van der Waals surface area contributed by atoms with Gasteiger partial charge in [-0.25, -0.2) is 15.0 Å². The van der Waals surface area contributed by atoms with Crippen molar-refractivity contribution < 1.29 is 14.7 Å². The minimum absolute atomic E-state index is 0.118. The Morgan fingerprint density at radius 3 is 2.55 bits per heavy atom. The molecule has 0 bridgehead atoms. The third-order valence-electron chi connectivity index (χ3n) is 7.99. The lowest BCUT2D eigenvalue weighted by atomic mass is 10.1. The lowest BCUT2D eigenvalue weighted by molar-refractivity contribution is -0.142. The van der Waals surface area contributed by atoms with Gasteiger partial charge < -0.3 is 10.0 Å². The fourth-order valence-electron chi connectivity index (χ4n) is 5.36. The van der Waals surface area contributed by atoms with Gasteiger partial charge in [0.25, 0.3) is 0 Å². The van der Waals surface area contributed by atoms with Crippen molar-refractivity contribution in [3.63, 3.8) is 0 Å². The number of anilines is 1. The molecule has 2 fully saturated rings. The number of aryl methyl sites for hydroxylation is 1. The summed E-state index contributed by atoms with van der Waals surface area (Å²) in [4.78, 5) is 46.0. The van der Waals surface area contributed by atoms with Crippen LogP contribution in [0.1, 0.15) is 52.6 Å². The number of benzene rings is 1. The predicted molar refractivity (Wildman–Crippen MR) is 157 cm³/mol. The fourth-order valence-corrected chi connectivity index (χ4v) is 6.60. The van der Waals surface area contributed by atoms with Gasteiger partial charge in [0.05, 0.1) is 24.5 Å². The molecule has 0 radical (unpaired) electrons. The van der Waals surface area contributed by atoms with E-state index in [-0.39, 0.29) is 12.2 Å². The molecule has 0 spiro atoms. The van der Waals surface area contributed by atoms with E-state index in [0.717, 1.165) is 44.8 Å². The molecule has 2 saturated heterocycles. The molecular weight excluding hydrogens is 548 g/mol. The summed E-state index contributed by atoms with van der Waals surface area (Å²) in [6, 6.07) is 5.99. The van der Waals surface area contributed by atoms with Crippen LogP contribution in [-0.2, 0) is 17.8 Å². The van der Waals surface area contributed by atoms with Crippen LogP contribution in [0.3, 0.4) is 0 Å².